The molecule has 0 spiro atoms. The van der Waals surface area contributed by atoms with E-state index in [2.05, 4.69) is 5.32 Å². The van der Waals surface area contributed by atoms with E-state index in [0.29, 0.717) is 12.8 Å². The molecule has 1 amide bonds. The summed E-state index contributed by atoms with van der Waals surface area (Å²) in [5.41, 5.74) is 0.936. The standard InChI is InChI=1S/C12H15NO3S/c14-12(8-10-4-2-1-3-5-10)13-11-6-7-17(15,16)9-11/h1-5,11H,6-9H2,(H,13,14)/t11-/m0/s1. The molecule has 1 aliphatic rings. The first-order chi connectivity index (χ1) is 8.05. The number of carbonyl (C=O) groups excluding carboxylic acids is 1. The Labute approximate surface area is 101 Å². The van der Waals surface area contributed by atoms with Gasteiger partial charge in [0.15, 0.2) is 9.84 Å². The van der Waals surface area contributed by atoms with Crippen molar-refractivity contribution in [1.82, 2.24) is 5.32 Å². The monoisotopic (exact) mass is 253 g/mol. The molecule has 1 aliphatic heterocycles. The van der Waals surface area contributed by atoms with Crippen molar-refractivity contribution in [3.05, 3.63) is 35.9 Å². The number of nitrogens with one attached hydrogen (secondary N) is 1. The highest BCUT2D eigenvalue weighted by molar-refractivity contribution is 7.91. The van der Waals surface area contributed by atoms with Crippen molar-refractivity contribution in [3.63, 3.8) is 0 Å². The molecule has 4 nitrogen and oxygen atoms in total. The highest BCUT2D eigenvalue weighted by atomic mass is 32.2. The van der Waals surface area contributed by atoms with Gasteiger partial charge in [-0.05, 0) is 12.0 Å². The van der Waals surface area contributed by atoms with E-state index >= 15 is 0 Å². The Bertz CT molecular complexity index is 496. The largest absolute Gasteiger partial charge is 0.352 e. The summed E-state index contributed by atoms with van der Waals surface area (Å²) < 4.78 is 22.5. The quantitative estimate of drug-likeness (QED) is 0.854. The van der Waals surface area contributed by atoms with Gasteiger partial charge in [0.2, 0.25) is 5.91 Å². The molecule has 1 saturated heterocycles. The average Bonchev–Trinajstić information content (AvgIpc) is 2.59. The summed E-state index contributed by atoms with van der Waals surface area (Å²) in [6, 6.07) is 9.20. The molecule has 17 heavy (non-hydrogen) atoms. The Balaban J connectivity index is 1.87. The minimum atomic E-state index is -2.93. The smallest absolute Gasteiger partial charge is 0.224 e. The molecule has 92 valence electrons. The second-order valence-corrected chi connectivity index (χ2v) is 6.56. The van der Waals surface area contributed by atoms with Gasteiger partial charge in [0.25, 0.3) is 0 Å². The zero-order valence-corrected chi connectivity index (χ0v) is 10.2. The van der Waals surface area contributed by atoms with Crippen LogP contribution >= 0.6 is 0 Å². The Hall–Kier alpha value is -1.36. The van der Waals surface area contributed by atoms with E-state index in [4.69, 9.17) is 0 Å². The molecule has 1 aromatic rings. The molecular formula is C12H15NO3S. The van der Waals surface area contributed by atoms with Crippen LogP contribution < -0.4 is 5.32 Å². The number of rotatable bonds is 3. The van der Waals surface area contributed by atoms with Crippen molar-refractivity contribution in [2.75, 3.05) is 11.5 Å². The van der Waals surface area contributed by atoms with Crippen LogP contribution in [-0.4, -0.2) is 31.9 Å². The molecule has 0 aliphatic carbocycles. The molecule has 0 aromatic heterocycles. The Kier molecular flexibility index (Phi) is 3.47. The van der Waals surface area contributed by atoms with Crippen LogP contribution in [0.5, 0.6) is 0 Å². The molecule has 0 radical (unpaired) electrons. The summed E-state index contributed by atoms with van der Waals surface area (Å²) in [5, 5.41) is 2.76. The molecule has 2 rings (SSSR count). The lowest BCUT2D eigenvalue weighted by Gasteiger charge is -2.10. The van der Waals surface area contributed by atoms with Gasteiger partial charge >= 0.3 is 0 Å². The predicted octanol–water partition coefficient (Wildman–Crippen LogP) is 0.532. The van der Waals surface area contributed by atoms with E-state index in [9.17, 15) is 13.2 Å². The van der Waals surface area contributed by atoms with Crippen molar-refractivity contribution in [3.8, 4) is 0 Å². The maximum atomic E-state index is 11.7. The summed E-state index contributed by atoms with van der Waals surface area (Å²) >= 11 is 0. The average molecular weight is 253 g/mol. The predicted molar refractivity (Wildman–Crippen MR) is 65.3 cm³/mol. The minimum Gasteiger partial charge on any atom is -0.352 e. The molecule has 0 saturated carbocycles. The van der Waals surface area contributed by atoms with E-state index < -0.39 is 9.84 Å². The van der Waals surface area contributed by atoms with Gasteiger partial charge in [-0.1, -0.05) is 30.3 Å². The lowest BCUT2D eigenvalue weighted by atomic mass is 10.1. The fraction of sp³-hybridized carbons (Fsp3) is 0.417. The zero-order valence-electron chi connectivity index (χ0n) is 9.43. The van der Waals surface area contributed by atoms with Crippen LogP contribution in [0.1, 0.15) is 12.0 Å². The lowest BCUT2D eigenvalue weighted by Crippen LogP contribution is -2.36. The fourth-order valence-corrected chi connectivity index (χ4v) is 3.64. The van der Waals surface area contributed by atoms with Gasteiger partial charge in [0, 0.05) is 6.04 Å². The van der Waals surface area contributed by atoms with Gasteiger partial charge in [0.1, 0.15) is 0 Å². The van der Waals surface area contributed by atoms with Crippen LogP contribution in [0.4, 0.5) is 0 Å². The second-order valence-electron chi connectivity index (χ2n) is 4.33. The highest BCUT2D eigenvalue weighted by Gasteiger charge is 2.28. The number of sulfone groups is 1. The van der Waals surface area contributed by atoms with E-state index in [1.165, 1.54) is 0 Å². The van der Waals surface area contributed by atoms with Gasteiger partial charge in [-0.3, -0.25) is 4.79 Å². The summed E-state index contributed by atoms with van der Waals surface area (Å²) in [4.78, 5) is 11.7. The highest BCUT2D eigenvalue weighted by Crippen LogP contribution is 2.11. The third-order valence-electron chi connectivity index (χ3n) is 2.81. The zero-order chi connectivity index (χ0) is 12.3. The number of hydrogen-bond acceptors (Lipinski definition) is 3. The number of carbonyl (C=O) groups is 1. The number of hydrogen-bond donors (Lipinski definition) is 1. The molecule has 5 heteroatoms. The molecular weight excluding hydrogens is 238 g/mol. The summed E-state index contributed by atoms with van der Waals surface area (Å²) in [5.74, 6) is 0.148. The van der Waals surface area contributed by atoms with Crippen molar-refractivity contribution >= 4 is 15.7 Å². The SMILES string of the molecule is O=C(Cc1ccccc1)N[C@H]1CCS(=O)(=O)C1. The number of amides is 1. The topological polar surface area (TPSA) is 63.2 Å². The van der Waals surface area contributed by atoms with E-state index in [1.54, 1.807) is 0 Å². The first-order valence-electron chi connectivity index (χ1n) is 5.59. The molecule has 1 N–H and O–H groups in total. The van der Waals surface area contributed by atoms with Crippen molar-refractivity contribution < 1.29 is 13.2 Å². The van der Waals surface area contributed by atoms with Gasteiger partial charge in [-0.2, -0.15) is 0 Å². The van der Waals surface area contributed by atoms with Gasteiger partial charge in [0.05, 0.1) is 17.9 Å². The first kappa shape index (κ1) is 12.1. The van der Waals surface area contributed by atoms with E-state index in [1.807, 2.05) is 30.3 Å². The maximum absolute atomic E-state index is 11.7. The third kappa shape index (κ3) is 3.56. The van der Waals surface area contributed by atoms with E-state index in [-0.39, 0.29) is 23.5 Å². The van der Waals surface area contributed by atoms with Gasteiger partial charge < -0.3 is 5.32 Å². The molecule has 1 atom stereocenters. The lowest BCUT2D eigenvalue weighted by molar-refractivity contribution is -0.120. The molecule has 1 heterocycles. The Morgan fingerprint density at radius 2 is 2.00 bits per heavy atom. The molecule has 0 unspecified atom stereocenters. The van der Waals surface area contributed by atoms with Crippen LogP contribution in [0.2, 0.25) is 0 Å². The van der Waals surface area contributed by atoms with Crippen molar-refractivity contribution in [1.29, 1.82) is 0 Å². The Morgan fingerprint density at radius 1 is 1.29 bits per heavy atom. The fourth-order valence-electron chi connectivity index (χ4n) is 1.97. The molecule has 1 aromatic carbocycles. The molecule has 0 bridgehead atoms. The van der Waals surface area contributed by atoms with E-state index in [0.717, 1.165) is 5.56 Å². The minimum absolute atomic E-state index is 0.0769. The Morgan fingerprint density at radius 3 is 2.59 bits per heavy atom. The normalized spacial score (nSPS) is 22.2. The second kappa shape index (κ2) is 4.87. The van der Waals surface area contributed by atoms with Crippen LogP contribution in [-0.2, 0) is 21.1 Å². The first-order valence-corrected chi connectivity index (χ1v) is 7.41. The van der Waals surface area contributed by atoms with Crippen LogP contribution in [0.3, 0.4) is 0 Å². The summed E-state index contributed by atoms with van der Waals surface area (Å²) in [6.45, 7) is 0. The summed E-state index contributed by atoms with van der Waals surface area (Å²) in [7, 11) is -2.93. The van der Waals surface area contributed by atoms with Crippen LogP contribution in [0, 0.1) is 0 Å². The van der Waals surface area contributed by atoms with Gasteiger partial charge in [-0.25, -0.2) is 8.42 Å². The molecule has 1 fully saturated rings. The van der Waals surface area contributed by atoms with Crippen LogP contribution in [0.25, 0.3) is 0 Å². The van der Waals surface area contributed by atoms with Gasteiger partial charge in [-0.15, -0.1) is 0 Å². The summed E-state index contributed by atoms with van der Waals surface area (Å²) in [6.07, 6.45) is 0.834. The number of benzene rings is 1. The maximum Gasteiger partial charge on any atom is 0.224 e. The van der Waals surface area contributed by atoms with Crippen LogP contribution in [0.15, 0.2) is 30.3 Å². The third-order valence-corrected chi connectivity index (χ3v) is 4.57. The van der Waals surface area contributed by atoms with Crippen molar-refractivity contribution in [2.45, 2.75) is 18.9 Å². The van der Waals surface area contributed by atoms with Crippen molar-refractivity contribution in [2.24, 2.45) is 0 Å².